The predicted molar refractivity (Wildman–Crippen MR) is 71.2 cm³/mol. The van der Waals surface area contributed by atoms with Crippen LogP contribution in [0.2, 0.25) is 5.02 Å². The molecular formula is C14H18ClN. The van der Waals surface area contributed by atoms with Crippen LogP contribution in [0.1, 0.15) is 24.8 Å². The third-order valence-electron chi connectivity index (χ3n) is 3.16. The molecule has 1 N–H and O–H groups in total. The summed E-state index contributed by atoms with van der Waals surface area (Å²) >= 11 is 5.99. The number of aryl methyl sites for hydroxylation is 1. The van der Waals surface area contributed by atoms with Crippen molar-refractivity contribution in [2.24, 2.45) is 5.92 Å². The average Bonchev–Trinajstić information content (AvgIpc) is 2.32. The minimum Gasteiger partial charge on any atom is -0.384 e. The number of nitrogens with one attached hydrogen (secondary N) is 1. The first-order valence-corrected chi connectivity index (χ1v) is 6.28. The quantitative estimate of drug-likeness (QED) is 0.765. The molecule has 0 saturated heterocycles. The first kappa shape index (κ1) is 11.5. The Labute approximate surface area is 103 Å². The second kappa shape index (κ2) is 5.40. The third kappa shape index (κ3) is 3.02. The van der Waals surface area contributed by atoms with E-state index >= 15 is 0 Å². The Bertz CT molecular complexity index is 384. The first-order chi connectivity index (χ1) is 7.75. The van der Waals surface area contributed by atoms with E-state index < -0.39 is 0 Å². The molecule has 2 rings (SSSR count). The molecule has 86 valence electrons. The molecule has 1 aliphatic rings. The molecule has 0 bridgehead atoms. The maximum absolute atomic E-state index is 5.99. The predicted octanol–water partition coefficient (Wildman–Crippen LogP) is 4.42. The van der Waals surface area contributed by atoms with Gasteiger partial charge < -0.3 is 5.32 Å². The second-order valence-corrected chi connectivity index (χ2v) is 4.93. The Kier molecular flexibility index (Phi) is 3.89. The zero-order chi connectivity index (χ0) is 11.4. The van der Waals surface area contributed by atoms with Crippen molar-refractivity contribution in [3.63, 3.8) is 0 Å². The van der Waals surface area contributed by atoms with Gasteiger partial charge in [-0.3, -0.25) is 0 Å². The molecule has 0 saturated carbocycles. The van der Waals surface area contributed by atoms with E-state index in [0.29, 0.717) is 0 Å². The van der Waals surface area contributed by atoms with E-state index in [0.717, 1.165) is 17.5 Å². The van der Waals surface area contributed by atoms with Crippen molar-refractivity contribution in [3.05, 3.63) is 40.9 Å². The molecule has 0 radical (unpaired) electrons. The van der Waals surface area contributed by atoms with E-state index in [9.17, 15) is 0 Å². The van der Waals surface area contributed by atoms with Gasteiger partial charge >= 0.3 is 0 Å². The molecule has 0 aliphatic heterocycles. The number of benzene rings is 1. The summed E-state index contributed by atoms with van der Waals surface area (Å²) in [4.78, 5) is 0. The van der Waals surface area contributed by atoms with Gasteiger partial charge in [-0.25, -0.2) is 0 Å². The van der Waals surface area contributed by atoms with Crippen LogP contribution in [0.15, 0.2) is 30.4 Å². The van der Waals surface area contributed by atoms with Crippen LogP contribution in [0.3, 0.4) is 0 Å². The van der Waals surface area contributed by atoms with Gasteiger partial charge in [0.2, 0.25) is 0 Å². The molecule has 1 aliphatic carbocycles. The lowest BCUT2D eigenvalue weighted by Gasteiger charge is -2.19. The summed E-state index contributed by atoms with van der Waals surface area (Å²) in [5.41, 5.74) is 2.43. The number of rotatable bonds is 3. The van der Waals surface area contributed by atoms with Crippen LogP contribution in [-0.2, 0) is 0 Å². The standard InChI is InChI=1S/C14H18ClN/c1-11-7-8-13(15)9-14(11)16-10-12-5-3-2-4-6-12/h2-3,7-9,12,16H,4-6,10H2,1H3. The minimum atomic E-state index is 0.767. The number of hydrogen-bond donors (Lipinski definition) is 1. The topological polar surface area (TPSA) is 12.0 Å². The molecular weight excluding hydrogens is 218 g/mol. The Balaban J connectivity index is 1.93. The van der Waals surface area contributed by atoms with E-state index in [1.807, 2.05) is 12.1 Å². The van der Waals surface area contributed by atoms with Gasteiger partial charge in [-0.05, 0) is 49.8 Å². The fourth-order valence-electron chi connectivity index (χ4n) is 2.08. The molecule has 0 heterocycles. The van der Waals surface area contributed by atoms with Crippen molar-refractivity contribution in [1.82, 2.24) is 0 Å². The second-order valence-electron chi connectivity index (χ2n) is 4.49. The molecule has 1 atom stereocenters. The Morgan fingerprint density at radius 2 is 2.25 bits per heavy atom. The third-order valence-corrected chi connectivity index (χ3v) is 3.39. The zero-order valence-corrected chi connectivity index (χ0v) is 10.4. The summed E-state index contributed by atoms with van der Waals surface area (Å²) in [5, 5.41) is 4.31. The highest BCUT2D eigenvalue weighted by Gasteiger charge is 2.09. The highest BCUT2D eigenvalue weighted by atomic mass is 35.5. The van der Waals surface area contributed by atoms with Crippen molar-refractivity contribution in [1.29, 1.82) is 0 Å². The molecule has 0 amide bonds. The SMILES string of the molecule is Cc1ccc(Cl)cc1NCC1CC=CCC1. The monoisotopic (exact) mass is 235 g/mol. The van der Waals surface area contributed by atoms with Gasteiger partial charge in [0, 0.05) is 17.3 Å². The maximum atomic E-state index is 5.99. The molecule has 2 heteroatoms. The van der Waals surface area contributed by atoms with Gasteiger partial charge in [-0.15, -0.1) is 0 Å². The smallest absolute Gasteiger partial charge is 0.0426 e. The van der Waals surface area contributed by atoms with E-state index in [4.69, 9.17) is 11.6 Å². The number of hydrogen-bond acceptors (Lipinski definition) is 1. The van der Waals surface area contributed by atoms with E-state index in [1.165, 1.54) is 30.5 Å². The van der Waals surface area contributed by atoms with Gasteiger partial charge in [0.25, 0.3) is 0 Å². The van der Waals surface area contributed by atoms with E-state index in [-0.39, 0.29) is 0 Å². The lowest BCUT2D eigenvalue weighted by atomic mass is 9.94. The molecule has 0 fully saturated rings. The summed E-state index contributed by atoms with van der Waals surface area (Å²) in [6.07, 6.45) is 8.29. The van der Waals surface area contributed by atoms with Crippen LogP contribution < -0.4 is 5.32 Å². The van der Waals surface area contributed by atoms with E-state index in [1.54, 1.807) is 0 Å². The highest BCUT2D eigenvalue weighted by molar-refractivity contribution is 6.30. The Hall–Kier alpha value is -0.950. The number of anilines is 1. The summed E-state index contributed by atoms with van der Waals surface area (Å²) in [6.45, 7) is 3.16. The molecule has 1 aromatic carbocycles. The lowest BCUT2D eigenvalue weighted by Crippen LogP contribution is -2.15. The summed E-state index contributed by atoms with van der Waals surface area (Å²) < 4.78 is 0. The molecule has 0 spiro atoms. The van der Waals surface area contributed by atoms with Gasteiger partial charge in [-0.2, -0.15) is 0 Å². The zero-order valence-electron chi connectivity index (χ0n) is 9.67. The molecule has 0 aromatic heterocycles. The van der Waals surface area contributed by atoms with Crippen LogP contribution in [0.25, 0.3) is 0 Å². The minimum absolute atomic E-state index is 0.767. The van der Waals surface area contributed by atoms with E-state index in [2.05, 4.69) is 30.5 Å². The average molecular weight is 236 g/mol. The largest absolute Gasteiger partial charge is 0.384 e. The van der Waals surface area contributed by atoms with Crippen molar-refractivity contribution >= 4 is 17.3 Å². The van der Waals surface area contributed by atoms with Crippen molar-refractivity contribution in [2.45, 2.75) is 26.2 Å². The highest BCUT2D eigenvalue weighted by Crippen LogP contribution is 2.23. The van der Waals surface area contributed by atoms with Gasteiger partial charge in [0.1, 0.15) is 0 Å². The molecule has 16 heavy (non-hydrogen) atoms. The van der Waals surface area contributed by atoms with Crippen molar-refractivity contribution in [3.8, 4) is 0 Å². The summed E-state index contributed by atoms with van der Waals surface area (Å²) in [7, 11) is 0. The Morgan fingerprint density at radius 3 is 3.00 bits per heavy atom. The van der Waals surface area contributed by atoms with Crippen LogP contribution in [-0.4, -0.2) is 6.54 Å². The van der Waals surface area contributed by atoms with Crippen LogP contribution >= 0.6 is 11.6 Å². The normalized spacial score (nSPS) is 19.8. The fraction of sp³-hybridized carbons (Fsp3) is 0.429. The summed E-state index contributed by atoms with van der Waals surface area (Å²) in [5.74, 6) is 0.767. The van der Waals surface area contributed by atoms with Gasteiger partial charge in [-0.1, -0.05) is 29.8 Å². The summed E-state index contributed by atoms with van der Waals surface area (Å²) in [6, 6.07) is 6.01. The molecule has 1 aromatic rings. The van der Waals surface area contributed by atoms with Crippen LogP contribution in [0.4, 0.5) is 5.69 Å². The number of halogens is 1. The van der Waals surface area contributed by atoms with Crippen molar-refractivity contribution in [2.75, 3.05) is 11.9 Å². The van der Waals surface area contributed by atoms with Crippen LogP contribution in [0.5, 0.6) is 0 Å². The fourth-order valence-corrected chi connectivity index (χ4v) is 2.25. The van der Waals surface area contributed by atoms with Gasteiger partial charge in [0.05, 0.1) is 0 Å². The van der Waals surface area contributed by atoms with Crippen LogP contribution in [0, 0.1) is 12.8 Å². The number of allylic oxidation sites excluding steroid dienone is 2. The maximum Gasteiger partial charge on any atom is 0.0426 e. The lowest BCUT2D eigenvalue weighted by molar-refractivity contribution is 0.504. The Morgan fingerprint density at radius 1 is 1.38 bits per heavy atom. The molecule has 1 unspecified atom stereocenters. The molecule has 1 nitrogen and oxygen atoms in total. The van der Waals surface area contributed by atoms with Gasteiger partial charge in [0.15, 0.2) is 0 Å². The first-order valence-electron chi connectivity index (χ1n) is 5.91. The van der Waals surface area contributed by atoms with Crippen molar-refractivity contribution < 1.29 is 0 Å².